The largest absolute Gasteiger partial charge is 1.00 e. The molecule has 0 fully saturated rings. The molecule has 1 aliphatic carbocycles. The van der Waals surface area contributed by atoms with Crippen LogP contribution in [0, 0.1) is 5.92 Å². The van der Waals surface area contributed by atoms with E-state index >= 15 is 0 Å². The number of anilines is 1. The summed E-state index contributed by atoms with van der Waals surface area (Å²) in [7, 11) is -5.01. The normalized spacial score (nSPS) is 14.0. The van der Waals surface area contributed by atoms with Gasteiger partial charge in [0.2, 0.25) is 17.7 Å². The quantitative estimate of drug-likeness (QED) is 0.113. The minimum absolute atomic E-state index is 0. The molecule has 1 aliphatic rings. The van der Waals surface area contributed by atoms with Gasteiger partial charge < -0.3 is 35.7 Å². The van der Waals surface area contributed by atoms with Gasteiger partial charge in [-0.1, -0.05) is 74.5 Å². The van der Waals surface area contributed by atoms with E-state index in [1.54, 1.807) is 38.1 Å². The Balaban J connectivity index is 0.00000625. The molecule has 13 nitrogen and oxygen atoms in total. The third kappa shape index (κ3) is 10.1. The second-order valence-corrected chi connectivity index (χ2v) is 13.0. The summed E-state index contributed by atoms with van der Waals surface area (Å²) in [6.07, 6.45) is -1.13. The minimum atomic E-state index is -5.01. The molecule has 0 saturated heterocycles. The number of carbonyl (C=O) groups is 4. The Morgan fingerprint density at radius 3 is 1.90 bits per heavy atom. The molecule has 0 aliphatic heterocycles. The van der Waals surface area contributed by atoms with E-state index in [4.69, 9.17) is 4.74 Å². The first-order valence-corrected chi connectivity index (χ1v) is 16.5. The number of hydrogen-bond acceptors (Lipinski definition) is 9. The first-order valence-electron chi connectivity index (χ1n) is 14.9. The number of rotatable bonds is 13. The van der Waals surface area contributed by atoms with Crippen LogP contribution in [0.5, 0.6) is 0 Å². The molecule has 0 aromatic heterocycles. The Bertz CT molecular complexity index is 1690. The van der Waals surface area contributed by atoms with E-state index in [0.717, 1.165) is 22.3 Å². The number of nitrogens with one attached hydrogen (secondary N) is 4. The van der Waals surface area contributed by atoms with Crippen molar-refractivity contribution in [2.75, 3.05) is 17.7 Å². The standard InChI is InChI=1S/C33H38N4O9S.Na/c1-19(2)29(32(41)34-20(3)30(39)35-22-14-12-21(16-38)13-15-22)37-31(40)28(18-47(43,44)45)36-33(42)46-17-27-25-10-6-4-8-23(25)24-9-5-7-11-26(24)27;/h4-15,19-20,27-29,38H,16-18H2,1-3H3,(H,34,41)(H,35,39)(H,36,42)(H,37,40)(H,43,44,45);/q;+1/p-1/t20-,28-,29-;/m0./s1. The predicted molar refractivity (Wildman–Crippen MR) is 172 cm³/mol. The smallest absolute Gasteiger partial charge is 0.748 e. The van der Waals surface area contributed by atoms with Gasteiger partial charge in [0.05, 0.1) is 22.5 Å². The summed E-state index contributed by atoms with van der Waals surface area (Å²) in [4.78, 5) is 51.9. The van der Waals surface area contributed by atoms with Gasteiger partial charge in [-0.15, -0.1) is 0 Å². The molecule has 5 N–H and O–H groups in total. The molecular formula is C33H37N4NaO9S. The summed E-state index contributed by atoms with van der Waals surface area (Å²) in [6, 6.07) is 17.5. The van der Waals surface area contributed by atoms with E-state index in [9.17, 15) is 37.3 Å². The Kier molecular flexibility index (Phi) is 13.7. The van der Waals surface area contributed by atoms with Crippen molar-refractivity contribution < 1.29 is 71.5 Å². The number of fused-ring (bicyclic) bond motifs is 3. The van der Waals surface area contributed by atoms with Crippen LogP contribution in [0.2, 0.25) is 0 Å². The summed E-state index contributed by atoms with van der Waals surface area (Å²) < 4.78 is 40.4. The number of amides is 4. The van der Waals surface area contributed by atoms with E-state index in [1.807, 2.05) is 48.5 Å². The van der Waals surface area contributed by atoms with Gasteiger partial charge in [0.15, 0.2) is 0 Å². The Morgan fingerprint density at radius 2 is 1.38 bits per heavy atom. The van der Waals surface area contributed by atoms with Crippen molar-refractivity contribution in [2.45, 2.75) is 51.4 Å². The zero-order chi connectivity index (χ0) is 34.3. The number of ether oxygens (including phenoxy) is 1. The van der Waals surface area contributed by atoms with Crippen molar-refractivity contribution >= 4 is 39.6 Å². The first-order chi connectivity index (χ1) is 22.3. The molecule has 3 aromatic rings. The molecular weight excluding hydrogens is 651 g/mol. The summed E-state index contributed by atoms with van der Waals surface area (Å²) in [5.41, 5.74) is 4.94. The molecule has 0 unspecified atom stereocenters. The second kappa shape index (κ2) is 17.0. The third-order valence-electron chi connectivity index (χ3n) is 7.73. The Labute approximate surface area is 301 Å². The van der Waals surface area contributed by atoms with Crippen LogP contribution in [-0.4, -0.2) is 72.4 Å². The van der Waals surface area contributed by atoms with E-state index in [2.05, 4.69) is 21.3 Å². The van der Waals surface area contributed by atoms with Crippen LogP contribution in [0.25, 0.3) is 11.1 Å². The minimum Gasteiger partial charge on any atom is -0.748 e. The Morgan fingerprint density at radius 1 is 0.812 bits per heavy atom. The molecule has 250 valence electrons. The fourth-order valence-corrected chi connectivity index (χ4v) is 5.91. The fourth-order valence-electron chi connectivity index (χ4n) is 5.27. The number of hydrogen-bond donors (Lipinski definition) is 5. The van der Waals surface area contributed by atoms with Gasteiger partial charge in [0, 0.05) is 11.6 Å². The van der Waals surface area contributed by atoms with Gasteiger partial charge in [0.25, 0.3) is 0 Å². The molecule has 0 radical (unpaired) electrons. The molecule has 3 aromatic carbocycles. The van der Waals surface area contributed by atoms with Crippen molar-refractivity contribution in [1.29, 1.82) is 0 Å². The molecule has 0 spiro atoms. The van der Waals surface area contributed by atoms with Crippen molar-refractivity contribution in [3.63, 3.8) is 0 Å². The molecule has 4 amide bonds. The van der Waals surface area contributed by atoms with Gasteiger partial charge in [-0.05, 0) is 52.8 Å². The van der Waals surface area contributed by atoms with Crippen LogP contribution >= 0.6 is 0 Å². The van der Waals surface area contributed by atoms with Gasteiger partial charge in [0.1, 0.15) is 24.7 Å². The number of aliphatic hydroxyl groups is 1. The van der Waals surface area contributed by atoms with Crippen LogP contribution in [0.3, 0.4) is 0 Å². The van der Waals surface area contributed by atoms with E-state index in [1.165, 1.54) is 6.92 Å². The molecule has 15 heteroatoms. The molecule has 0 bridgehead atoms. The van der Waals surface area contributed by atoms with E-state index in [0.29, 0.717) is 11.3 Å². The predicted octanol–water partition coefficient (Wildman–Crippen LogP) is -0.781. The van der Waals surface area contributed by atoms with Crippen molar-refractivity contribution in [3.8, 4) is 11.1 Å². The monoisotopic (exact) mass is 688 g/mol. The SMILES string of the molecule is CC(C)[C@H](NC(=O)[C@H](CS(=O)(=O)[O-])NC(=O)OCC1c2ccccc2-c2ccccc21)C(=O)N[C@@H](C)C(=O)Nc1ccc(CO)cc1.[Na+]. The van der Waals surface area contributed by atoms with Crippen LogP contribution < -0.4 is 50.8 Å². The maximum atomic E-state index is 13.2. The van der Waals surface area contributed by atoms with E-state index < -0.39 is 63.7 Å². The van der Waals surface area contributed by atoms with Crippen LogP contribution in [0.4, 0.5) is 10.5 Å². The average Bonchev–Trinajstić information content (AvgIpc) is 3.35. The number of alkyl carbamates (subject to hydrolysis) is 1. The van der Waals surface area contributed by atoms with Crippen LogP contribution in [-0.2, 0) is 35.8 Å². The summed E-state index contributed by atoms with van der Waals surface area (Å²) >= 11 is 0. The maximum absolute atomic E-state index is 13.2. The zero-order valence-corrected chi connectivity index (χ0v) is 29.9. The fraction of sp³-hybridized carbons (Fsp3) is 0.333. The summed E-state index contributed by atoms with van der Waals surface area (Å²) in [5, 5.41) is 18.9. The molecule has 0 saturated carbocycles. The van der Waals surface area contributed by atoms with Crippen molar-refractivity contribution in [2.24, 2.45) is 5.92 Å². The number of benzene rings is 3. The number of aliphatic hydroxyl groups excluding tert-OH is 1. The third-order valence-corrected chi connectivity index (χ3v) is 8.47. The average molecular weight is 689 g/mol. The van der Waals surface area contributed by atoms with Gasteiger partial charge in [-0.2, -0.15) is 0 Å². The topological polar surface area (TPSA) is 203 Å². The summed E-state index contributed by atoms with van der Waals surface area (Å²) in [5.74, 6) is -4.56. The van der Waals surface area contributed by atoms with Gasteiger partial charge in [-0.3, -0.25) is 14.4 Å². The molecule has 48 heavy (non-hydrogen) atoms. The Hall–Kier alpha value is -3.79. The zero-order valence-electron chi connectivity index (χ0n) is 27.1. The molecule has 0 heterocycles. The van der Waals surface area contributed by atoms with E-state index in [-0.39, 0.29) is 48.7 Å². The first kappa shape index (κ1) is 38.7. The molecule has 3 atom stereocenters. The van der Waals surface area contributed by atoms with Crippen LogP contribution in [0.1, 0.15) is 43.4 Å². The maximum Gasteiger partial charge on any atom is 1.00 e. The van der Waals surface area contributed by atoms with Crippen molar-refractivity contribution in [3.05, 3.63) is 89.5 Å². The number of carbonyl (C=O) groups excluding carboxylic acids is 4. The summed E-state index contributed by atoms with van der Waals surface area (Å²) in [6.45, 7) is 4.36. The second-order valence-electron chi connectivity index (χ2n) is 11.6. The van der Waals surface area contributed by atoms with Gasteiger partial charge in [-0.25, -0.2) is 13.2 Å². The van der Waals surface area contributed by atoms with Crippen molar-refractivity contribution in [1.82, 2.24) is 16.0 Å². The molecule has 4 rings (SSSR count). The van der Waals surface area contributed by atoms with Crippen LogP contribution in [0.15, 0.2) is 72.8 Å². The van der Waals surface area contributed by atoms with Gasteiger partial charge >= 0.3 is 35.7 Å².